The molecule has 21 heavy (non-hydrogen) atoms. The van der Waals surface area contributed by atoms with Gasteiger partial charge in [0.2, 0.25) is 0 Å². The molecule has 0 N–H and O–H groups in total. The quantitative estimate of drug-likeness (QED) is 0.705. The van der Waals surface area contributed by atoms with Crippen LogP contribution in [0.1, 0.15) is 16.7 Å². The summed E-state index contributed by atoms with van der Waals surface area (Å²) in [7, 11) is 0. The minimum atomic E-state index is 0.645. The third-order valence-electron chi connectivity index (χ3n) is 3.21. The molecule has 1 aromatic carbocycles. The van der Waals surface area contributed by atoms with Crippen LogP contribution in [0.5, 0.6) is 0 Å². The lowest BCUT2D eigenvalue weighted by atomic mass is 10.1. The van der Waals surface area contributed by atoms with Gasteiger partial charge in [-0.1, -0.05) is 18.2 Å². The van der Waals surface area contributed by atoms with Crippen molar-refractivity contribution in [1.29, 1.82) is 5.26 Å². The molecular formula is C17H13N3S. The molecule has 0 atom stereocenters. The van der Waals surface area contributed by atoms with Crippen LogP contribution in [0.25, 0.3) is 22.0 Å². The lowest BCUT2D eigenvalue weighted by Gasteiger charge is -2.02. The number of rotatable bonds is 2. The molecule has 3 nitrogen and oxygen atoms in total. The molecule has 102 valence electrons. The van der Waals surface area contributed by atoms with Crippen molar-refractivity contribution in [1.82, 2.24) is 9.97 Å². The fourth-order valence-electron chi connectivity index (χ4n) is 2.20. The van der Waals surface area contributed by atoms with Gasteiger partial charge in [-0.15, -0.1) is 11.3 Å². The van der Waals surface area contributed by atoms with Gasteiger partial charge in [0.15, 0.2) is 0 Å². The van der Waals surface area contributed by atoms with E-state index in [9.17, 15) is 0 Å². The van der Waals surface area contributed by atoms with Gasteiger partial charge in [-0.05, 0) is 37.1 Å². The zero-order chi connectivity index (χ0) is 14.8. The van der Waals surface area contributed by atoms with Gasteiger partial charge in [-0.25, -0.2) is 4.98 Å². The van der Waals surface area contributed by atoms with Gasteiger partial charge in [-0.2, -0.15) is 5.26 Å². The first kappa shape index (κ1) is 13.5. The Kier molecular flexibility index (Phi) is 3.51. The van der Waals surface area contributed by atoms with Crippen molar-refractivity contribution < 1.29 is 0 Å². The van der Waals surface area contributed by atoms with Crippen LogP contribution < -0.4 is 0 Å². The smallest absolute Gasteiger partial charge is 0.142 e. The first-order valence-electron chi connectivity index (χ1n) is 6.57. The maximum atomic E-state index is 8.98. The lowest BCUT2D eigenvalue weighted by molar-refractivity contribution is 1.21. The summed E-state index contributed by atoms with van der Waals surface area (Å²) in [4.78, 5) is 9.15. The molecule has 0 aliphatic carbocycles. The molecule has 2 heterocycles. The van der Waals surface area contributed by atoms with Gasteiger partial charge >= 0.3 is 0 Å². The lowest BCUT2D eigenvalue weighted by Crippen LogP contribution is -1.89. The van der Waals surface area contributed by atoms with E-state index in [1.807, 2.05) is 43.6 Å². The number of benzene rings is 1. The number of hydrogen-bond acceptors (Lipinski definition) is 4. The summed E-state index contributed by atoms with van der Waals surface area (Å²) in [5, 5.41) is 11.9. The Bertz CT molecular complexity index is 843. The molecule has 0 amide bonds. The van der Waals surface area contributed by atoms with Crippen molar-refractivity contribution >= 4 is 11.3 Å². The van der Waals surface area contributed by atoms with E-state index < -0.39 is 0 Å². The second-order valence-corrected chi connectivity index (χ2v) is 5.77. The highest BCUT2D eigenvalue weighted by atomic mass is 32.1. The van der Waals surface area contributed by atoms with Gasteiger partial charge in [0.1, 0.15) is 10.7 Å². The molecule has 2 aromatic heterocycles. The van der Waals surface area contributed by atoms with Gasteiger partial charge in [-0.3, -0.25) is 4.98 Å². The topological polar surface area (TPSA) is 49.6 Å². The van der Waals surface area contributed by atoms with E-state index in [4.69, 9.17) is 5.26 Å². The molecule has 0 saturated carbocycles. The van der Waals surface area contributed by atoms with Gasteiger partial charge in [0, 0.05) is 17.1 Å². The van der Waals surface area contributed by atoms with E-state index in [2.05, 4.69) is 22.1 Å². The minimum absolute atomic E-state index is 0.645. The molecule has 0 unspecified atom stereocenters. The number of pyridine rings is 1. The average Bonchev–Trinajstić information content (AvgIpc) is 2.97. The summed E-state index contributed by atoms with van der Waals surface area (Å²) in [6.45, 7) is 4.08. The predicted octanol–water partition coefficient (Wildman–Crippen LogP) is 4.36. The Labute approximate surface area is 127 Å². The normalized spacial score (nSPS) is 10.3. The van der Waals surface area contributed by atoms with E-state index in [-0.39, 0.29) is 0 Å². The molecule has 0 spiro atoms. The van der Waals surface area contributed by atoms with Crippen molar-refractivity contribution in [2.45, 2.75) is 13.8 Å². The number of aromatic nitrogens is 2. The number of nitriles is 1. The van der Waals surface area contributed by atoms with Crippen molar-refractivity contribution in [3.63, 3.8) is 0 Å². The highest BCUT2D eigenvalue weighted by molar-refractivity contribution is 7.13. The first-order chi connectivity index (χ1) is 10.2. The minimum Gasteiger partial charge on any atom is -0.253 e. The molecular weight excluding hydrogens is 278 g/mol. The standard InChI is InChI=1S/C17H13N3S/c1-11-6-12(2)16(19-9-11)17-20-15(10-21-17)14-5-3-4-13(7-14)8-18/h3-7,9-10H,1-2H3. The van der Waals surface area contributed by atoms with Crippen molar-refractivity contribution in [2.75, 3.05) is 0 Å². The molecule has 0 bridgehead atoms. The van der Waals surface area contributed by atoms with Crippen molar-refractivity contribution in [2.24, 2.45) is 0 Å². The van der Waals surface area contributed by atoms with Crippen LogP contribution in [0.3, 0.4) is 0 Å². The molecule has 3 rings (SSSR count). The summed E-state index contributed by atoms with van der Waals surface area (Å²) in [5.74, 6) is 0. The maximum absolute atomic E-state index is 8.98. The number of aryl methyl sites for hydroxylation is 2. The molecule has 3 aromatic rings. The largest absolute Gasteiger partial charge is 0.253 e. The molecule has 0 aliphatic rings. The molecule has 0 saturated heterocycles. The molecule has 0 aliphatic heterocycles. The number of nitrogens with zero attached hydrogens (tertiary/aromatic N) is 3. The molecule has 4 heteroatoms. The second-order valence-electron chi connectivity index (χ2n) is 4.91. The molecule has 0 radical (unpaired) electrons. The van der Waals surface area contributed by atoms with Crippen LogP contribution in [0.15, 0.2) is 41.9 Å². The SMILES string of the molecule is Cc1cnc(-c2nc(-c3cccc(C#N)c3)cs2)c(C)c1. The summed E-state index contributed by atoms with van der Waals surface area (Å²) >= 11 is 1.57. The summed E-state index contributed by atoms with van der Waals surface area (Å²) < 4.78 is 0. The summed E-state index contributed by atoms with van der Waals surface area (Å²) in [5.41, 5.74) is 5.69. The number of hydrogen-bond donors (Lipinski definition) is 0. The monoisotopic (exact) mass is 291 g/mol. The van der Waals surface area contributed by atoms with E-state index >= 15 is 0 Å². The van der Waals surface area contributed by atoms with Gasteiger partial charge in [0.05, 0.1) is 17.3 Å². The average molecular weight is 291 g/mol. The van der Waals surface area contributed by atoms with Crippen LogP contribution in [0.4, 0.5) is 0 Å². The number of thiazole rings is 1. The third kappa shape index (κ3) is 2.69. The van der Waals surface area contributed by atoms with Crippen LogP contribution in [0, 0.1) is 25.2 Å². The van der Waals surface area contributed by atoms with Crippen molar-refractivity contribution in [3.8, 4) is 28.0 Å². The van der Waals surface area contributed by atoms with E-state index in [1.54, 1.807) is 17.4 Å². The summed E-state index contributed by atoms with van der Waals surface area (Å²) in [6.07, 6.45) is 1.86. The Hall–Kier alpha value is -2.51. The van der Waals surface area contributed by atoms with Crippen LogP contribution in [-0.2, 0) is 0 Å². The van der Waals surface area contributed by atoms with Crippen LogP contribution in [-0.4, -0.2) is 9.97 Å². The fourth-order valence-corrected chi connectivity index (χ4v) is 3.09. The van der Waals surface area contributed by atoms with Gasteiger partial charge < -0.3 is 0 Å². The van der Waals surface area contributed by atoms with E-state index in [0.29, 0.717) is 5.56 Å². The Balaban J connectivity index is 2.02. The van der Waals surface area contributed by atoms with Crippen molar-refractivity contribution in [3.05, 3.63) is 58.6 Å². The summed E-state index contributed by atoms with van der Waals surface area (Å²) in [6, 6.07) is 11.8. The van der Waals surface area contributed by atoms with E-state index in [0.717, 1.165) is 33.1 Å². The highest BCUT2D eigenvalue weighted by Gasteiger charge is 2.10. The fraction of sp³-hybridized carbons (Fsp3) is 0.118. The molecule has 0 fully saturated rings. The van der Waals surface area contributed by atoms with Gasteiger partial charge in [0.25, 0.3) is 0 Å². The van der Waals surface area contributed by atoms with E-state index in [1.165, 1.54) is 0 Å². The third-order valence-corrected chi connectivity index (χ3v) is 4.06. The van der Waals surface area contributed by atoms with Crippen LogP contribution in [0.2, 0.25) is 0 Å². The Morgan fingerprint density at radius 1 is 1.19 bits per heavy atom. The Morgan fingerprint density at radius 2 is 2.05 bits per heavy atom. The second kappa shape index (κ2) is 5.47. The first-order valence-corrected chi connectivity index (χ1v) is 7.45. The zero-order valence-corrected chi connectivity index (χ0v) is 12.6. The predicted molar refractivity (Wildman–Crippen MR) is 85.0 cm³/mol. The highest BCUT2D eigenvalue weighted by Crippen LogP contribution is 2.29. The Morgan fingerprint density at radius 3 is 2.81 bits per heavy atom. The zero-order valence-electron chi connectivity index (χ0n) is 11.8. The van der Waals surface area contributed by atoms with Crippen LogP contribution >= 0.6 is 11.3 Å². The maximum Gasteiger partial charge on any atom is 0.142 e.